The minimum Gasteiger partial charge on any atom is -0.384 e. The number of aliphatic hydroxyl groups is 1. The van der Waals surface area contributed by atoms with Gasteiger partial charge in [-0.05, 0) is 29.3 Å². The molecule has 16 heavy (non-hydrogen) atoms. The van der Waals surface area contributed by atoms with Crippen molar-refractivity contribution in [2.45, 2.75) is 9.90 Å². The third-order valence-corrected chi connectivity index (χ3v) is 2.93. The summed E-state index contributed by atoms with van der Waals surface area (Å²) in [5, 5.41) is 10.5. The Labute approximate surface area is 119 Å². The van der Waals surface area contributed by atoms with Crippen LogP contribution in [-0.2, 0) is 0 Å². The lowest BCUT2D eigenvalue weighted by Crippen LogP contribution is -2.26. The average molecular weight is 320 g/mol. The highest BCUT2D eigenvalue weighted by Gasteiger charge is 2.33. The Kier molecular flexibility index (Phi) is 4.82. The molecule has 1 nitrogen and oxygen atoms in total. The standard InChI is InChI=1S/C10H7Cl5O/c1-5(9(16)10(13,14)15)6-2-7(11)4-8(12)3-6/h2-4,9,16H,1H2. The zero-order valence-electron chi connectivity index (χ0n) is 7.85. The molecule has 0 aliphatic rings. The summed E-state index contributed by atoms with van der Waals surface area (Å²) in [6.07, 6.45) is -1.33. The Hall–Kier alpha value is 0.370. The minimum atomic E-state index is -1.84. The molecule has 6 heteroatoms. The number of alkyl halides is 3. The summed E-state index contributed by atoms with van der Waals surface area (Å²) in [7, 11) is 0. The van der Waals surface area contributed by atoms with Crippen LogP contribution in [0, 0.1) is 0 Å². The second kappa shape index (κ2) is 5.34. The van der Waals surface area contributed by atoms with Crippen molar-refractivity contribution in [1.29, 1.82) is 0 Å². The zero-order chi connectivity index (χ0) is 12.5. The van der Waals surface area contributed by atoms with Gasteiger partial charge in [0.05, 0.1) is 0 Å². The van der Waals surface area contributed by atoms with Gasteiger partial charge < -0.3 is 5.11 Å². The highest BCUT2D eigenvalue weighted by atomic mass is 35.6. The van der Waals surface area contributed by atoms with E-state index in [0.717, 1.165) is 0 Å². The molecule has 1 rings (SSSR count). The van der Waals surface area contributed by atoms with Gasteiger partial charge >= 0.3 is 0 Å². The first-order chi connectivity index (χ1) is 7.21. The van der Waals surface area contributed by atoms with E-state index in [2.05, 4.69) is 6.58 Å². The van der Waals surface area contributed by atoms with Crippen LogP contribution in [0.25, 0.3) is 5.57 Å². The highest BCUT2D eigenvalue weighted by Crippen LogP contribution is 2.37. The molecule has 0 radical (unpaired) electrons. The molecular weight excluding hydrogens is 313 g/mol. The Bertz CT molecular complexity index is 390. The van der Waals surface area contributed by atoms with Crippen molar-refractivity contribution < 1.29 is 5.11 Å². The van der Waals surface area contributed by atoms with E-state index in [-0.39, 0.29) is 5.57 Å². The van der Waals surface area contributed by atoms with Gasteiger partial charge in [-0.1, -0.05) is 64.6 Å². The molecule has 1 atom stereocenters. The van der Waals surface area contributed by atoms with Crippen molar-refractivity contribution in [1.82, 2.24) is 0 Å². The van der Waals surface area contributed by atoms with E-state index < -0.39 is 9.90 Å². The van der Waals surface area contributed by atoms with Crippen molar-refractivity contribution >= 4 is 63.6 Å². The summed E-state index contributed by atoms with van der Waals surface area (Å²) < 4.78 is -1.84. The number of rotatable bonds is 2. The van der Waals surface area contributed by atoms with E-state index in [1.165, 1.54) is 0 Å². The summed E-state index contributed by atoms with van der Waals surface area (Å²) in [4.78, 5) is 0. The first-order valence-electron chi connectivity index (χ1n) is 4.12. The van der Waals surface area contributed by atoms with Crippen molar-refractivity contribution in [3.63, 3.8) is 0 Å². The molecule has 1 aromatic rings. The first kappa shape index (κ1) is 14.4. The molecule has 1 N–H and O–H groups in total. The molecule has 1 unspecified atom stereocenters. The van der Waals surface area contributed by atoms with Gasteiger partial charge in [-0.3, -0.25) is 0 Å². The molecule has 0 aromatic heterocycles. The zero-order valence-corrected chi connectivity index (χ0v) is 11.6. The van der Waals surface area contributed by atoms with Crippen LogP contribution < -0.4 is 0 Å². The van der Waals surface area contributed by atoms with Crippen molar-refractivity contribution in [2.75, 3.05) is 0 Å². The van der Waals surface area contributed by atoms with E-state index in [0.29, 0.717) is 15.6 Å². The summed E-state index contributed by atoms with van der Waals surface area (Å²) in [5.74, 6) is 0. The Morgan fingerprint density at radius 1 is 1.12 bits per heavy atom. The fourth-order valence-corrected chi connectivity index (χ4v) is 2.02. The highest BCUT2D eigenvalue weighted by molar-refractivity contribution is 6.68. The molecule has 0 aliphatic carbocycles. The summed E-state index contributed by atoms with van der Waals surface area (Å²) in [5.41, 5.74) is 0.765. The monoisotopic (exact) mass is 318 g/mol. The van der Waals surface area contributed by atoms with Gasteiger partial charge in [-0.15, -0.1) is 0 Å². The third-order valence-electron chi connectivity index (χ3n) is 1.87. The Morgan fingerprint density at radius 2 is 1.56 bits per heavy atom. The lowest BCUT2D eigenvalue weighted by molar-refractivity contribution is 0.237. The van der Waals surface area contributed by atoms with Crippen LogP contribution in [-0.4, -0.2) is 15.0 Å². The molecule has 0 bridgehead atoms. The van der Waals surface area contributed by atoms with E-state index in [1.807, 2.05) is 0 Å². The SMILES string of the molecule is C=C(c1cc(Cl)cc(Cl)c1)C(O)C(Cl)(Cl)Cl. The van der Waals surface area contributed by atoms with Gasteiger partial charge in [-0.2, -0.15) is 0 Å². The van der Waals surface area contributed by atoms with E-state index in [4.69, 9.17) is 58.0 Å². The minimum absolute atomic E-state index is 0.240. The second-order valence-electron chi connectivity index (χ2n) is 3.13. The van der Waals surface area contributed by atoms with Crippen molar-refractivity contribution in [2.24, 2.45) is 0 Å². The molecular formula is C10H7Cl5O. The van der Waals surface area contributed by atoms with Crippen LogP contribution >= 0.6 is 58.0 Å². The van der Waals surface area contributed by atoms with Gasteiger partial charge in [0.15, 0.2) is 0 Å². The second-order valence-corrected chi connectivity index (χ2v) is 6.37. The smallest absolute Gasteiger partial charge is 0.220 e. The quantitative estimate of drug-likeness (QED) is 0.781. The predicted octanol–water partition coefficient (Wildman–Crippen LogP) is 4.74. The lowest BCUT2D eigenvalue weighted by atomic mass is 10.0. The average Bonchev–Trinajstić information content (AvgIpc) is 2.12. The predicted molar refractivity (Wildman–Crippen MR) is 71.8 cm³/mol. The van der Waals surface area contributed by atoms with Gasteiger partial charge in [0, 0.05) is 10.0 Å². The van der Waals surface area contributed by atoms with Crippen LogP contribution in [0.15, 0.2) is 24.8 Å². The fraction of sp³-hybridized carbons (Fsp3) is 0.200. The molecule has 0 aliphatic heterocycles. The molecule has 88 valence electrons. The normalized spacial score (nSPS) is 13.6. The summed E-state index contributed by atoms with van der Waals surface area (Å²) in [6, 6.07) is 4.71. The van der Waals surface area contributed by atoms with Crippen LogP contribution in [0.2, 0.25) is 10.0 Å². The van der Waals surface area contributed by atoms with E-state index in [1.54, 1.807) is 18.2 Å². The van der Waals surface area contributed by atoms with Gasteiger partial charge in [0.25, 0.3) is 0 Å². The molecule has 0 spiro atoms. The first-order valence-corrected chi connectivity index (χ1v) is 6.01. The Balaban J connectivity index is 3.06. The van der Waals surface area contributed by atoms with Crippen LogP contribution in [0.4, 0.5) is 0 Å². The maximum absolute atomic E-state index is 9.71. The molecule has 0 saturated carbocycles. The Morgan fingerprint density at radius 3 is 1.94 bits per heavy atom. The van der Waals surface area contributed by atoms with Crippen LogP contribution in [0.1, 0.15) is 5.56 Å². The van der Waals surface area contributed by atoms with Crippen molar-refractivity contribution in [3.05, 3.63) is 40.4 Å². The number of halogens is 5. The molecule has 0 saturated heterocycles. The maximum atomic E-state index is 9.71. The summed E-state index contributed by atoms with van der Waals surface area (Å²) in [6.45, 7) is 3.65. The topological polar surface area (TPSA) is 20.2 Å². The molecule has 0 fully saturated rings. The number of hydrogen-bond donors (Lipinski definition) is 1. The fourth-order valence-electron chi connectivity index (χ4n) is 1.09. The lowest BCUT2D eigenvalue weighted by Gasteiger charge is -2.21. The largest absolute Gasteiger partial charge is 0.384 e. The number of benzene rings is 1. The van der Waals surface area contributed by atoms with Crippen LogP contribution in [0.5, 0.6) is 0 Å². The van der Waals surface area contributed by atoms with E-state index in [9.17, 15) is 5.11 Å². The van der Waals surface area contributed by atoms with Gasteiger partial charge in [-0.25, -0.2) is 0 Å². The molecule has 1 aromatic carbocycles. The summed E-state index contributed by atoms with van der Waals surface area (Å²) >= 11 is 28.3. The number of aliphatic hydroxyl groups excluding tert-OH is 1. The van der Waals surface area contributed by atoms with Crippen molar-refractivity contribution in [3.8, 4) is 0 Å². The van der Waals surface area contributed by atoms with Gasteiger partial charge in [0.1, 0.15) is 6.10 Å². The van der Waals surface area contributed by atoms with Gasteiger partial charge in [0.2, 0.25) is 3.79 Å². The molecule has 0 heterocycles. The third kappa shape index (κ3) is 3.69. The maximum Gasteiger partial charge on any atom is 0.220 e. The number of hydrogen-bond acceptors (Lipinski definition) is 1. The molecule has 0 amide bonds. The van der Waals surface area contributed by atoms with Crippen LogP contribution in [0.3, 0.4) is 0 Å². The van der Waals surface area contributed by atoms with E-state index >= 15 is 0 Å².